The van der Waals surface area contributed by atoms with Gasteiger partial charge in [-0.25, -0.2) is 9.97 Å². The molecule has 3 aromatic rings. The fraction of sp³-hybridized carbons (Fsp3) is 0.387. The quantitative estimate of drug-likeness (QED) is 0.187. The number of carbonyl (C=O) groups is 2. The number of amidine groups is 1. The Hall–Kier alpha value is -3.01. The summed E-state index contributed by atoms with van der Waals surface area (Å²) in [4.78, 5) is 41.6. The third kappa shape index (κ3) is 4.72. The van der Waals surface area contributed by atoms with E-state index >= 15 is 0 Å². The van der Waals surface area contributed by atoms with Crippen molar-refractivity contribution >= 4 is 63.0 Å². The monoisotopic (exact) mass is 606 g/mol. The lowest BCUT2D eigenvalue weighted by atomic mass is 9.50. The molecule has 7 nitrogen and oxygen atoms in total. The maximum absolute atomic E-state index is 13.3. The van der Waals surface area contributed by atoms with E-state index in [1.54, 1.807) is 18.3 Å². The van der Waals surface area contributed by atoms with Gasteiger partial charge in [0, 0.05) is 28.0 Å². The van der Waals surface area contributed by atoms with Crippen molar-refractivity contribution in [2.75, 3.05) is 7.11 Å². The van der Waals surface area contributed by atoms with E-state index in [2.05, 4.69) is 49.3 Å². The van der Waals surface area contributed by atoms with E-state index in [-0.39, 0.29) is 23.2 Å². The Morgan fingerprint density at radius 3 is 2.76 bits per heavy atom. The fourth-order valence-electron chi connectivity index (χ4n) is 6.70. The lowest BCUT2D eigenvalue weighted by Crippen LogP contribution is -2.50. The molecular formula is C31H31ClN4O3S2. The molecule has 1 saturated carbocycles. The Morgan fingerprint density at radius 1 is 1.24 bits per heavy atom. The van der Waals surface area contributed by atoms with E-state index in [1.165, 1.54) is 41.3 Å². The molecule has 0 radical (unpaired) electrons. The summed E-state index contributed by atoms with van der Waals surface area (Å²) in [6.45, 7) is 8.71. The number of esters is 1. The van der Waals surface area contributed by atoms with Crippen molar-refractivity contribution in [3.63, 3.8) is 0 Å². The minimum Gasteiger partial charge on any atom is -0.469 e. The highest BCUT2D eigenvalue weighted by molar-refractivity contribution is 8.18. The minimum atomic E-state index is -0.694. The van der Waals surface area contributed by atoms with E-state index in [1.807, 2.05) is 13.0 Å². The molecule has 2 fully saturated rings. The second-order valence-electron chi connectivity index (χ2n) is 11.7. The number of rotatable bonds is 4. The molecule has 2 aromatic heterocycles. The van der Waals surface area contributed by atoms with Gasteiger partial charge in [0.05, 0.1) is 23.1 Å². The predicted octanol–water partition coefficient (Wildman–Crippen LogP) is 7.59. The highest BCUT2D eigenvalue weighted by atomic mass is 35.5. The summed E-state index contributed by atoms with van der Waals surface area (Å²) in [7, 11) is 1.47. The van der Waals surface area contributed by atoms with Crippen LogP contribution in [-0.4, -0.2) is 34.1 Å². The number of aromatic nitrogens is 2. The molecule has 212 valence electrons. The Bertz CT molecular complexity index is 1630. The molecule has 6 rings (SSSR count). The van der Waals surface area contributed by atoms with Gasteiger partial charge in [-0.05, 0) is 72.3 Å². The number of nitrogens with zero attached hydrogens (tertiary/aromatic N) is 3. The molecule has 1 aromatic carbocycles. The van der Waals surface area contributed by atoms with E-state index in [0.717, 1.165) is 41.0 Å². The number of pyridine rings is 1. The van der Waals surface area contributed by atoms with Crippen molar-refractivity contribution in [3.05, 3.63) is 68.2 Å². The van der Waals surface area contributed by atoms with Crippen LogP contribution in [0.15, 0.2) is 46.4 Å². The summed E-state index contributed by atoms with van der Waals surface area (Å²) >= 11 is 8.67. The number of ether oxygens (including phenoxy) is 1. The normalized spacial score (nSPS) is 27.0. The van der Waals surface area contributed by atoms with E-state index in [9.17, 15) is 9.59 Å². The van der Waals surface area contributed by atoms with E-state index in [0.29, 0.717) is 26.3 Å². The van der Waals surface area contributed by atoms with Gasteiger partial charge in [0.1, 0.15) is 5.15 Å². The Balaban J connectivity index is 1.45. The second kappa shape index (κ2) is 10.4. The highest BCUT2D eigenvalue weighted by Gasteiger charge is 2.58. The van der Waals surface area contributed by atoms with Crippen molar-refractivity contribution in [1.29, 1.82) is 0 Å². The molecule has 3 heterocycles. The number of thiazole rings is 1. The first-order valence-corrected chi connectivity index (χ1v) is 15.7. The number of aliphatic imine (C=N–C) groups is 1. The summed E-state index contributed by atoms with van der Waals surface area (Å²) in [5, 5.41) is 4.28. The second-order valence-corrected chi connectivity index (χ2v) is 14.1. The van der Waals surface area contributed by atoms with Gasteiger partial charge in [-0.2, -0.15) is 4.99 Å². The van der Waals surface area contributed by atoms with Gasteiger partial charge in [-0.1, -0.05) is 68.3 Å². The van der Waals surface area contributed by atoms with Crippen LogP contribution in [0.5, 0.6) is 0 Å². The molecule has 0 spiro atoms. The maximum atomic E-state index is 13.3. The van der Waals surface area contributed by atoms with Gasteiger partial charge >= 0.3 is 5.97 Å². The average molecular weight is 607 g/mol. The number of halogens is 1. The molecule has 10 heteroatoms. The number of hydrogen-bond donors (Lipinski definition) is 1. The van der Waals surface area contributed by atoms with Gasteiger partial charge in [0.15, 0.2) is 5.17 Å². The lowest BCUT2D eigenvalue weighted by molar-refractivity contribution is -0.157. The van der Waals surface area contributed by atoms with Crippen molar-refractivity contribution in [2.45, 2.75) is 64.2 Å². The van der Waals surface area contributed by atoms with E-state index in [4.69, 9.17) is 26.3 Å². The number of nitrogens with one attached hydrogen (secondary N) is 1. The van der Waals surface area contributed by atoms with Crippen LogP contribution in [0.2, 0.25) is 5.15 Å². The van der Waals surface area contributed by atoms with Gasteiger partial charge < -0.3 is 10.1 Å². The SMILES string of the molecule is COC(=O)[C@]1(C)CCC[C@]2(C)c3ccc(C(C)C)cc3-c3nc(/N=C4\NC(=O)/C(=C/c5ccc(Cl)nc5)S4)sc3C12. The van der Waals surface area contributed by atoms with Crippen LogP contribution >= 0.6 is 34.7 Å². The molecule has 41 heavy (non-hydrogen) atoms. The fourth-order valence-corrected chi connectivity index (χ4v) is 9.05. The van der Waals surface area contributed by atoms with Crippen LogP contribution in [0.25, 0.3) is 17.3 Å². The number of fused-ring (bicyclic) bond motifs is 6. The number of methoxy groups -OCH3 is 1. The van der Waals surface area contributed by atoms with Crippen molar-refractivity contribution in [2.24, 2.45) is 10.4 Å². The molecular weight excluding hydrogens is 576 g/mol. The summed E-state index contributed by atoms with van der Waals surface area (Å²) in [6, 6.07) is 10.2. The number of benzene rings is 1. The number of amides is 1. The number of hydrogen-bond acceptors (Lipinski definition) is 8. The smallest absolute Gasteiger partial charge is 0.312 e. The van der Waals surface area contributed by atoms with Crippen LogP contribution in [-0.2, 0) is 19.7 Å². The zero-order valence-electron chi connectivity index (χ0n) is 23.6. The van der Waals surface area contributed by atoms with Gasteiger partial charge in [-0.3, -0.25) is 9.59 Å². The zero-order chi connectivity index (χ0) is 29.1. The summed E-state index contributed by atoms with van der Waals surface area (Å²) in [6.07, 6.45) is 6.04. The maximum Gasteiger partial charge on any atom is 0.312 e. The third-order valence-corrected chi connectivity index (χ3v) is 10.8. The van der Waals surface area contributed by atoms with Gasteiger partial charge in [0.25, 0.3) is 5.91 Å². The van der Waals surface area contributed by atoms with Crippen molar-refractivity contribution < 1.29 is 14.3 Å². The molecule has 1 aliphatic heterocycles. The molecule has 0 bridgehead atoms. The molecule has 2 aliphatic carbocycles. The first-order chi connectivity index (χ1) is 19.5. The van der Waals surface area contributed by atoms with Crippen LogP contribution < -0.4 is 5.32 Å². The molecule has 3 atom stereocenters. The van der Waals surface area contributed by atoms with Crippen LogP contribution in [0.3, 0.4) is 0 Å². The van der Waals surface area contributed by atoms with Gasteiger partial charge in [-0.15, -0.1) is 0 Å². The van der Waals surface area contributed by atoms with Crippen LogP contribution in [0, 0.1) is 5.41 Å². The first kappa shape index (κ1) is 28.1. The standard InChI is InChI=1S/C31H31ClN4O3S2/c1-16(2)18-8-9-20-19(14-18)23-24(25-30(20,3)11-6-12-31(25,4)27(38)39-5)41-28(34-23)36-29-35-26(37)21(40-29)13-17-7-10-22(32)33-15-17/h7-10,13-16,25H,6,11-12H2,1-5H3,(H,34,35,36,37)/b21-13-/t25?,30-,31-/m1/s1. The largest absolute Gasteiger partial charge is 0.469 e. The first-order valence-electron chi connectivity index (χ1n) is 13.7. The molecule has 1 amide bonds. The molecule has 1 unspecified atom stereocenters. The molecule has 1 N–H and O–H groups in total. The molecule has 1 saturated heterocycles. The number of thioether (sulfide) groups is 1. The zero-order valence-corrected chi connectivity index (χ0v) is 26.0. The van der Waals surface area contributed by atoms with Crippen LogP contribution in [0.1, 0.15) is 80.4 Å². The summed E-state index contributed by atoms with van der Waals surface area (Å²) in [5.74, 6) is -0.151. The van der Waals surface area contributed by atoms with Gasteiger partial charge in [0.2, 0.25) is 5.13 Å². The van der Waals surface area contributed by atoms with Crippen molar-refractivity contribution in [1.82, 2.24) is 15.3 Å². The average Bonchev–Trinajstić information content (AvgIpc) is 3.51. The topological polar surface area (TPSA) is 93.5 Å². The van der Waals surface area contributed by atoms with Crippen LogP contribution in [0.4, 0.5) is 5.13 Å². The number of carbonyl (C=O) groups excluding carboxylic acids is 2. The Morgan fingerprint density at radius 2 is 2.05 bits per heavy atom. The molecule has 3 aliphatic rings. The summed E-state index contributed by atoms with van der Waals surface area (Å²) in [5.41, 5.74) is 4.28. The summed E-state index contributed by atoms with van der Waals surface area (Å²) < 4.78 is 5.38. The minimum absolute atomic E-state index is 0.103. The Labute approximate surface area is 252 Å². The third-order valence-electron chi connectivity index (χ3n) is 8.70. The lowest BCUT2D eigenvalue weighted by Gasteiger charge is -2.53. The Kier molecular flexibility index (Phi) is 7.11. The van der Waals surface area contributed by atoms with Crippen molar-refractivity contribution in [3.8, 4) is 11.3 Å². The predicted molar refractivity (Wildman–Crippen MR) is 166 cm³/mol. The van der Waals surface area contributed by atoms with E-state index < -0.39 is 5.41 Å². The highest BCUT2D eigenvalue weighted by Crippen LogP contribution is 2.65.